The topological polar surface area (TPSA) is 46.9 Å². The molecule has 0 radical (unpaired) electrons. The van der Waals surface area contributed by atoms with Crippen molar-refractivity contribution in [2.24, 2.45) is 0 Å². The van der Waals surface area contributed by atoms with Gasteiger partial charge in [-0.15, -0.1) is 11.3 Å². The van der Waals surface area contributed by atoms with E-state index in [2.05, 4.69) is 22.5 Å². The first-order valence-electron chi connectivity index (χ1n) is 8.05. The highest BCUT2D eigenvalue weighted by Crippen LogP contribution is 2.18. The van der Waals surface area contributed by atoms with Crippen LogP contribution in [0, 0.1) is 0 Å². The first-order chi connectivity index (χ1) is 11.6. The SMILES string of the molecule is C=C(C)Cn1c(CCCNC(=O)c2cccs2)nc2ccccc21. The van der Waals surface area contributed by atoms with Gasteiger partial charge in [-0.05, 0) is 36.9 Å². The molecule has 0 spiro atoms. The number of nitrogens with zero attached hydrogens (tertiary/aromatic N) is 2. The van der Waals surface area contributed by atoms with Crippen molar-refractivity contribution in [2.45, 2.75) is 26.3 Å². The van der Waals surface area contributed by atoms with Crippen LogP contribution in [-0.4, -0.2) is 22.0 Å². The van der Waals surface area contributed by atoms with E-state index in [-0.39, 0.29) is 5.91 Å². The first kappa shape index (κ1) is 16.5. The lowest BCUT2D eigenvalue weighted by Crippen LogP contribution is -2.24. The van der Waals surface area contributed by atoms with Crippen LogP contribution in [-0.2, 0) is 13.0 Å². The molecule has 4 nitrogen and oxygen atoms in total. The van der Waals surface area contributed by atoms with Crippen molar-refractivity contribution in [3.63, 3.8) is 0 Å². The Morgan fingerprint density at radius 2 is 2.12 bits per heavy atom. The third kappa shape index (κ3) is 3.74. The highest BCUT2D eigenvalue weighted by Gasteiger charge is 2.11. The fraction of sp³-hybridized carbons (Fsp3) is 0.263. The molecule has 0 aliphatic heterocycles. The molecule has 0 atom stereocenters. The lowest BCUT2D eigenvalue weighted by molar-refractivity contribution is 0.0957. The molecule has 3 rings (SSSR count). The number of allylic oxidation sites excluding steroid dienone is 1. The van der Waals surface area contributed by atoms with Crippen LogP contribution in [0.3, 0.4) is 0 Å². The van der Waals surface area contributed by atoms with E-state index in [4.69, 9.17) is 4.98 Å². The maximum absolute atomic E-state index is 11.9. The van der Waals surface area contributed by atoms with Gasteiger partial charge in [0.05, 0.1) is 15.9 Å². The second-order valence-electron chi connectivity index (χ2n) is 5.90. The maximum atomic E-state index is 11.9. The molecule has 124 valence electrons. The number of aromatic nitrogens is 2. The fourth-order valence-electron chi connectivity index (χ4n) is 2.71. The number of nitrogens with one attached hydrogen (secondary N) is 1. The predicted octanol–water partition coefficient (Wildman–Crippen LogP) is 4.04. The number of benzene rings is 1. The summed E-state index contributed by atoms with van der Waals surface area (Å²) in [5.74, 6) is 1.05. The molecule has 3 aromatic rings. The van der Waals surface area contributed by atoms with E-state index in [0.717, 1.165) is 46.7 Å². The van der Waals surface area contributed by atoms with Gasteiger partial charge in [-0.3, -0.25) is 4.79 Å². The summed E-state index contributed by atoms with van der Waals surface area (Å²) in [7, 11) is 0. The van der Waals surface area contributed by atoms with Gasteiger partial charge < -0.3 is 9.88 Å². The summed E-state index contributed by atoms with van der Waals surface area (Å²) in [6.07, 6.45) is 1.68. The number of fused-ring (bicyclic) bond motifs is 1. The molecule has 0 fully saturated rings. The van der Waals surface area contributed by atoms with Crippen LogP contribution >= 0.6 is 11.3 Å². The zero-order chi connectivity index (χ0) is 16.9. The Hall–Kier alpha value is -2.40. The number of carbonyl (C=O) groups excluding carboxylic acids is 1. The van der Waals surface area contributed by atoms with Gasteiger partial charge in [-0.2, -0.15) is 0 Å². The van der Waals surface area contributed by atoms with Gasteiger partial charge in [-0.25, -0.2) is 4.98 Å². The van der Waals surface area contributed by atoms with Crippen LogP contribution in [0.2, 0.25) is 0 Å². The van der Waals surface area contributed by atoms with E-state index in [9.17, 15) is 4.79 Å². The van der Waals surface area contributed by atoms with Crippen LogP contribution < -0.4 is 5.32 Å². The molecule has 24 heavy (non-hydrogen) atoms. The summed E-state index contributed by atoms with van der Waals surface area (Å²) in [6, 6.07) is 11.9. The molecule has 0 bridgehead atoms. The number of amides is 1. The first-order valence-corrected chi connectivity index (χ1v) is 8.93. The number of carbonyl (C=O) groups is 1. The minimum atomic E-state index is 0.000406. The Balaban J connectivity index is 1.64. The number of imidazole rings is 1. The highest BCUT2D eigenvalue weighted by molar-refractivity contribution is 7.12. The molecule has 2 aromatic heterocycles. The van der Waals surface area contributed by atoms with Crippen LogP contribution in [0.25, 0.3) is 11.0 Å². The highest BCUT2D eigenvalue weighted by atomic mass is 32.1. The molecule has 1 aromatic carbocycles. The molecule has 5 heteroatoms. The van der Waals surface area contributed by atoms with Gasteiger partial charge in [0.1, 0.15) is 5.82 Å². The Morgan fingerprint density at radius 3 is 2.88 bits per heavy atom. The van der Waals surface area contributed by atoms with Crippen LogP contribution in [0.4, 0.5) is 0 Å². The van der Waals surface area contributed by atoms with Crippen molar-refractivity contribution >= 4 is 28.3 Å². The number of thiophene rings is 1. The number of hydrogen-bond acceptors (Lipinski definition) is 3. The fourth-order valence-corrected chi connectivity index (χ4v) is 3.35. The van der Waals surface area contributed by atoms with Crippen molar-refractivity contribution in [1.29, 1.82) is 0 Å². The van der Waals surface area contributed by atoms with E-state index < -0.39 is 0 Å². The molecule has 2 heterocycles. The van der Waals surface area contributed by atoms with Gasteiger partial charge in [-0.1, -0.05) is 30.4 Å². The second-order valence-corrected chi connectivity index (χ2v) is 6.84. The lowest BCUT2D eigenvalue weighted by atomic mass is 10.2. The summed E-state index contributed by atoms with van der Waals surface area (Å²) in [5, 5.41) is 4.88. The minimum Gasteiger partial charge on any atom is -0.351 e. The maximum Gasteiger partial charge on any atom is 0.261 e. The standard InChI is InChI=1S/C19H21N3OS/c1-14(2)13-22-16-8-4-3-7-15(16)21-18(22)10-5-11-20-19(23)17-9-6-12-24-17/h3-4,6-9,12H,1,5,10-11,13H2,2H3,(H,20,23). The number of rotatable bonds is 7. The van der Waals surface area contributed by atoms with E-state index in [1.54, 1.807) is 0 Å². The smallest absolute Gasteiger partial charge is 0.261 e. The molecule has 0 unspecified atom stereocenters. The van der Waals surface area contributed by atoms with Gasteiger partial charge in [0, 0.05) is 19.5 Å². The zero-order valence-corrected chi connectivity index (χ0v) is 14.6. The molecule has 0 saturated heterocycles. The number of para-hydroxylation sites is 2. The molecular weight excluding hydrogens is 318 g/mol. The second kappa shape index (κ2) is 7.45. The van der Waals surface area contributed by atoms with E-state index in [0.29, 0.717) is 6.54 Å². The average molecular weight is 339 g/mol. The van der Waals surface area contributed by atoms with Gasteiger partial charge in [0.15, 0.2) is 0 Å². The van der Waals surface area contributed by atoms with Crippen molar-refractivity contribution in [3.8, 4) is 0 Å². The molecule has 0 aliphatic carbocycles. The molecular formula is C19H21N3OS. The Labute approximate surface area is 145 Å². The minimum absolute atomic E-state index is 0.000406. The van der Waals surface area contributed by atoms with Gasteiger partial charge in [0.2, 0.25) is 0 Å². The van der Waals surface area contributed by atoms with Crippen molar-refractivity contribution in [2.75, 3.05) is 6.54 Å². The molecule has 1 amide bonds. The van der Waals surface area contributed by atoms with Gasteiger partial charge in [0.25, 0.3) is 5.91 Å². The van der Waals surface area contributed by atoms with E-state index in [1.165, 1.54) is 11.3 Å². The molecule has 1 N–H and O–H groups in total. The van der Waals surface area contributed by atoms with E-state index in [1.807, 2.05) is 42.6 Å². The summed E-state index contributed by atoms with van der Waals surface area (Å²) in [4.78, 5) is 17.4. The molecule has 0 aliphatic rings. The third-order valence-corrected chi connectivity index (χ3v) is 4.64. The van der Waals surface area contributed by atoms with Crippen molar-refractivity contribution in [3.05, 3.63) is 64.6 Å². The Kier molecular flexibility index (Phi) is 5.11. The van der Waals surface area contributed by atoms with Crippen molar-refractivity contribution < 1.29 is 4.79 Å². The normalized spacial score (nSPS) is 10.9. The molecule has 0 saturated carbocycles. The summed E-state index contributed by atoms with van der Waals surface area (Å²) >= 11 is 1.46. The summed E-state index contributed by atoms with van der Waals surface area (Å²) < 4.78 is 2.22. The average Bonchev–Trinajstić information content (AvgIpc) is 3.20. The Bertz CT molecular complexity index is 849. The largest absolute Gasteiger partial charge is 0.351 e. The summed E-state index contributed by atoms with van der Waals surface area (Å²) in [5.41, 5.74) is 3.25. The quantitative estimate of drug-likeness (QED) is 0.522. The number of hydrogen-bond donors (Lipinski definition) is 1. The van der Waals surface area contributed by atoms with Gasteiger partial charge >= 0.3 is 0 Å². The zero-order valence-electron chi connectivity index (χ0n) is 13.8. The summed E-state index contributed by atoms with van der Waals surface area (Å²) in [6.45, 7) is 7.47. The van der Waals surface area contributed by atoms with Crippen molar-refractivity contribution in [1.82, 2.24) is 14.9 Å². The Morgan fingerprint density at radius 1 is 1.29 bits per heavy atom. The monoisotopic (exact) mass is 339 g/mol. The third-order valence-electron chi connectivity index (χ3n) is 3.77. The van der Waals surface area contributed by atoms with Crippen LogP contribution in [0.15, 0.2) is 53.9 Å². The number of aryl methyl sites for hydroxylation is 1. The van der Waals surface area contributed by atoms with Crippen LogP contribution in [0.1, 0.15) is 28.8 Å². The predicted molar refractivity (Wildman–Crippen MR) is 99.5 cm³/mol. The van der Waals surface area contributed by atoms with Crippen LogP contribution in [0.5, 0.6) is 0 Å². The lowest BCUT2D eigenvalue weighted by Gasteiger charge is -2.09. The van der Waals surface area contributed by atoms with E-state index >= 15 is 0 Å².